The molecule has 1 aliphatic rings. The first-order valence-electron chi connectivity index (χ1n) is 7.19. The van der Waals surface area contributed by atoms with Crippen molar-refractivity contribution in [3.63, 3.8) is 0 Å². The average Bonchev–Trinajstić information content (AvgIpc) is 2.97. The van der Waals surface area contributed by atoms with Crippen molar-refractivity contribution in [2.75, 3.05) is 20.3 Å². The van der Waals surface area contributed by atoms with Crippen LogP contribution in [0.2, 0.25) is 4.34 Å². The number of nitrogens with zero attached hydrogens (tertiary/aromatic N) is 1. The van der Waals surface area contributed by atoms with Crippen LogP contribution in [0.3, 0.4) is 0 Å². The maximum atomic E-state index is 12.2. The van der Waals surface area contributed by atoms with Gasteiger partial charge in [0.05, 0.1) is 10.9 Å². The molecule has 0 aliphatic carbocycles. The first-order chi connectivity index (χ1) is 11.1. The SMILES string of the molecule is CN(Cc1ccc(Cl)s1)C(=O)/C=C/c1ccc2c(c1)OCCO2. The van der Waals surface area contributed by atoms with Gasteiger partial charge in [0.15, 0.2) is 11.5 Å². The van der Waals surface area contributed by atoms with E-state index < -0.39 is 0 Å². The molecule has 4 nitrogen and oxygen atoms in total. The Balaban J connectivity index is 1.63. The van der Waals surface area contributed by atoms with Crippen molar-refractivity contribution in [1.82, 2.24) is 4.90 Å². The molecule has 0 radical (unpaired) electrons. The number of fused-ring (bicyclic) bond motifs is 1. The molecule has 1 amide bonds. The van der Waals surface area contributed by atoms with Crippen molar-refractivity contribution < 1.29 is 14.3 Å². The van der Waals surface area contributed by atoms with Gasteiger partial charge in [-0.1, -0.05) is 17.7 Å². The lowest BCUT2D eigenvalue weighted by molar-refractivity contribution is -0.125. The molecule has 0 N–H and O–H groups in total. The van der Waals surface area contributed by atoms with Gasteiger partial charge in [0, 0.05) is 18.0 Å². The summed E-state index contributed by atoms with van der Waals surface area (Å²) in [6, 6.07) is 9.40. The Morgan fingerprint density at radius 3 is 2.78 bits per heavy atom. The number of amides is 1. The van der Waals surface area contributed by atoms with Crippen LogP contribution in [0.5, 0.6) is 11.5 Å². The largest absolute Gasteiger partial charge is 0.486 e. The zero-order valence-corrected chi connectivity index (χ0v) is 14.2. The van der Waals surface area contributed by atoms with E-state index in [1.54, 1.807) is 24.1 Å². The Kier molecular flexibility index (Phi) is 4.88. The fraction of sp³-hybridized carbons (Fsp3) is 0.235. The summed E-state index contributed by atoms with van der Waals surface area (Å²) in [6.07, 6.45) is 3.33. The van der Waals surface area contributed by atoms with Gasteiger partial charge in [-0.25, -0.2) is 0 Å². The highest BCUT2D eigenvalue weighted by molar-refractivity contribution is 7.16. The van der Waals surface area contributed by atoms with Gasteiger partial charge in [-0.15, -0.1) is 11.3 Å². The Bertz CT molecular complexity index is 741. The van der Waals surface area contributed by atoms with Crippen LogP contribution in [0.25, 0.3) is 6.08 Å². The smallest absolute Gasteiger partial charge is 0.246 e. The minimum absolute atomic E-state index is 0.0654. The van der Waals surface area contributed by atoms with Gasteiger partial charge in [0.1, 0.15) is 13.2 Å². The Hall–Kier alpha value is -1.98. The third kappa shape index (κ3) is 4.06. The zero-order chi connectivity index (χ0) is 16.2. The molecule has 1 aliphatic heterocycles. The topological polar surface area (TPSA) is 38.8 Å². The monoisotopic (exact) mass is 349 g/mol. The third-order valence-electron chi connectivity index (χ3n) is 3.38. The number of hydrogen-bond acceptors (Lipinski definition) is 4. The molecule has 0 unspecified atom stereocenters. The first kappa shape index (κ1) is 15.9. The van der Waals surface area contributed by atoms with Crippen molar-refractivity contribution in [3.8, 4) is 11.5 Å². The molecular weight excluding hydrogens is 334 g/mol. The predicted molar refractivity (Wildman–Crippen MR) is 92.3 cm³/mol. The summed E-state index contributed by atoms with van der Waals surface area (Å²) >= 11 is 7.38. The minimum Gasteiger partial charge on any atom is -0.486 e. The third-order valence-corrected chi connectivity index (χ3v) is 4.60. The van der Waals surface area contributed by atoms with Crippen molar-refractivity contribution in [1.29, 1.82) is 0 Å². The quantitative estimate of drug-likeness (QED) is 0.787. The molecule has 0 saturated carbocycles. The van der Waals surface area contributed by atoms with E-state index in [9.17, 15) is 4.79 Å². The van der Waals surface area contributed by atoms with Gasteiger partial charge in [0.2, 0.25) is 5.91 Å². The Morgan fingerprint density at radius 2 is 2.04 bits per heavy atom. The highest BCUT2D eigenvalue weighted by Gasteiger charge is 2.11. The molecule has 1 aromatic carbocycles. The van der Waals surface area contributed by atoms with Crippen LogP contribution >= 0.6 is 22.9 Å². The molecule has 0 saturated heterocycles. The summed E-state index contributed by atoms with van der Waals surface area (Å²) in [7, 11) is 1.77. The normalized spacial score (nSPS) is 13.3. The van der Waals surface area contributed by atoms with Crippen LogP contribution in [-0.2, 0) is 11.3 Å². The highest BCUT2D eigenvalue weighted by atomic mass is 35.5. The van der Waals surface area contributed by atoms with E-state index in [0.29, 0.717) is 25.5 Å². The summed E-state index contributed by atoms with van der Waals surface area (Å²) in [4.78, 5) is 14.9. The molecule has 2 heterocycles. The van der Waals surface area contributed by atoms with Crippen LogP contribution < -0.4 is 9.47 Å². The van der Waals surface area contributed by atoms with E-state index in [1.807, 2.05) is 30.3 Å². The standard InChI is InChI=1S/C17H16ClNO3S/c1-19(11-13-4-6-16(18)23-13)17(20)7-3-12-2-5-14-15(10-12)22-9-8-21-14/h2-7,10H,8-9,11H2,1H3/b7-3+. The van der Waals surface area contributed by atoms with Crippen LogP contribution in [0.4, 0.5) is 0 Å². The van der Waals surface area contributed by atoms with Gasteiger partial charge in [-0.2, -0.15) is 0 Å². The fourth-order valence-electron chi connectivity index (χ4n) is 2.21. The number of rotatable bonds is 4. The maximum Gasteiger partial charge on any atom is 0.246 e. The van der Waals surface area contributed by atoms with Gasteiger partial charge in [-0.3, -0.25) is 4.79 Å². The van der Waals surface area contributed by atoms with Gasteiger partial charge in [0.25, 0.3) is 0 Å². The molecule has 0 fully saturated rings. The van der Waals surface area contributed by atoms with E-state index >= 15 is 0 Å². The predicted octanol–water partition coefficient (Wildman–Crippen LogP) is 3.84. The zero-order valence-electron chi connectivity index (χ0n) is 12.6. The lowest BCUT2D eigenvalue weighted by Crippen LogP contribution is -2.23. The fourth-order valence-corrected chi connectivity index (χ4v) is 3.35. The second-order valence-electron chi connectivity index (χ2n) is 5.14. The molecule has 3 rings (SSSR count). The summed E-state index contributed by atoms with van der Waals surface area (Å²) in [5.41, 5.74) is 0.898. The van der Waals surface area contributed by atoms with Gasteiger partial charge < -0.3 is 14.4 Å². The molecule has 0 bridgehead atoms. The molecule has 2 aromatic rings. The number of carbonyl (C=O) groups excluding carboxylic acids is 1. The molecular formula is C17H16ClNO3S. The molecule has 6 heteroatoms. The first-order valence-corrected chi connectivity index (χ1v) is 8.38. The van der Waals surface area contributed by atoms with Crippen molar-refractivity contribution >= 4 is 34.9 Å². The second kappa shape index (κ2) is 7.06. The number of carbonyl (C=O) groups is 1. The average molecular weight is 350 g/mol. The number of benzene rings is 1. The summed E-state index contributed by atoms with van der Waals surface area (Å²) < 4.78 is 11.7. The van der Waals surface area contributed by atoms with E-state index in [1.165, 1.54) is 11.3 Å². The van der Waals surface area contributed by atoms with Gasteiger partial charge in [-0.05, 0) is 35.9 Å². The van der Waals surface area contributed by atoms with Crippen LogP contribution in [-0.4, -0.2) is 31.1 Å². The molecule has 120 valence electrons. The number of ether oxygens (including phenoxy) is 2. The molecule has 1 aromatic heterocycles. The summed E-state index contributed by atoms with van der Waals surface area (Å²) in [6.45, 7) is 1.66. The molecule has 23 heavy (non-hydrogen) atoms. The van der Waals surface area contributed by atoms with E-state index in [4.69, 9.17) is 21.1 Å². The summed E-state index contributed by atoms with van der Waals surface area (Å²) in [5.74, 6) is 1.39. The van der Waals surface area contributed by atoms with Crippen molar-refractivity contribution in [3.05, 3.63) is 51.2 Å². The van der Waals surface area contributed by atoms with Gasteiger partial charge >= 0.3 is 0 Å². The van der Waals surface area contributed by atoms with E-state index in [2.05, 4.69) is 0 Å². The lowest BCUT2D eigenvalue weighted by atomic mass is 10.2. The highest BCUT2D eigenvalue weighted by Crippen LogP contribution is 2.31. The second-order valence-corrected chi connectivity index (χ2v) is 6.94. The summed E-state index contributed by atoms with van der Waals surface area (Å²) in [5, 5.41) is 0. The van der Waals surface area contributed by atoms with Crippen LogP contribution in [0, 0.1) is 0 Å². The number of halogens is 1. The number of hydrogen-bond donors (Lipinski definition) is 0. The maximum absolute atomic E-state index is 12.2. The van der Waals surface area contributed by atoms with Crippen molar-refractivity contribution in [2.45, 2.75) is 6.54 Å². The van der Waals surface area contributed by atoms with E-state index in [-0.39, 0.29) is 5.91 Å². The van der Waals surface area contributed by atoms with Crippen LogP contribution in [0.1, 0.15) is 10.4 Å². The Morgan fingerprint density at radius 1 is 1.26 bits per heavy atom. The van der Waals surface area contributed by atoms with Crippen LogP contribution in [0.15, 0.2) is 36.4 Å². The molecule has 0 atom stereocenters. The number of thiophene rings is 1. The molecule has 0 spiro atoms. The minimum atomic E-state index is -0.0654. The van der Waals surface area contributed by atoms with E-state index in [0.717, 1.165) is 20.5 Å². The Labute approximate surface area is 143 Å². The van der Waals surface area contributed by atoms with Crippen molar-refractivity contribution in [2.24, 2.45) is 0 Å². The number of likely N-dealkylation sites (N-methyl/N-ethyl adjacent to an activating group) is 1. The lowest BCUT2D eigenvalue weighted by Gasteiger charge is -2.18.